The molecule has 1 rings (SSSR count). The van der Waals surface area contributed by atoms with Gasteiger partial charge in [0.2, 0.25) is 5.91 Å². The number of rotatable bonds is 4. The predicted octanol–water partition coefficient (Wildman–Crippen LogP) is 0.137. The lowest BCUT2D eigenvalue weighted by atomic mass is 9.96. The fourth-order valence-electron chi connectivity index (χ4n) is 2.22. The fraction of sp³-hybridized carbons (Fsp3) is 0.769. The summed E-state index contributed by atoms with van der Waals surface area (Å²) < 4.78 is 0. The molecule has 0 radical (unpaired) electrons. The topological polar surface area (TPSA) is 49.6 Å². The molecule has 1 fully saturated rings. The third-order valence-electron chi connectivity index (χ3n) is 3.40. The number of nitrogens with zero attached hydrogens (tertiary/aromatic N) is 2. The summed E-state index contributed by atoms with van der Waals surface area (Å²) in [5.74, 6) is 2.99. The third kappa shape index (κ3) is 4.37. The SMILES string of the molecule is C#CCC(N)C(=O)N(C)CC1CCN(C)CC1. The Balaban J connectivity index is 2.36. The minimum absolute atomic E-state index is 0.0399. The maximum Gasteiger partial charge on any atom is 0.240 e. The van der Waals surface area contributed by atoms with Crippen LogP contribution in [-0.2, 0) is 4.79 Å². The number of likely N-dealkylation sites (tertiary alicyclic amines) is 1. The molecule has 17 heavy (non-hydrogen) atoms. The van der Waals surface area contributed by atoms with Crippen LogP contribution in [0.2, 0.25) is 0 Å². The van der Waals surface area contributed by atoms with Gasteiger partial charge in [-0.15, -0.1) is 12.3 Å². The molecule has 4 nitrogen and oxygen atoms in total. The Kier molecular flexibility index (Phi) is 5.46. The Bertz CT molecular complexity index is 290. The molecule has 1 atom stereocenters. The average Bonchev–Trinajstić information content (AvgIpc) is 2.31. The van der Waals surface area contributed by atoms with Crippen molar-refractivity contribution in [1.29, 1.82) is 0 Å². The second kappa shape index (κ2) is 6.63. The molecule has 1 amide bonds. The molecule has 1 unspecified atom stereocenters. The van der Waals surface area contributed by atoms with Crippen LogP contribution in [0.1, 0.15) is 19.3 Å². The zero-order valence-electron chi connectivity index (χ0n) is 10.9. The van der Waals surface area contributed by atoms with Crippen LogP contribution in [0.5, 0.6) is 0 Å². The summed E-state index contributed by atoms with van der Waals surface area (Å²) >= 11 is 0. The number of amides is 1. The van der Waals surface area contributed by atoms with E-state index in [4.69, 9.17) is 12.2 Å². The molecule has 1 heterocycles. The van der Waals surface area contributed by atoms with E-state index in [2.05, 4.69) is 17.9 Å². The zero-order chi connectivity index (χ0) is 12.8. The third-order valence-corrected chi connectivity index (χ3v) is 3.40. The molecular weight excluding hydrogens is 214 g/mol. The smallest absolute Gasteiger partial charge is 0.240 e. The van der Waals surface area contributed by atoms with Crippen LogP contribution in [-0.4, -0.2) is 55.5 Å². The number of likely N-dealkylation sites (N-methyl/N-ethyl adjacent to an activating group) is 1. The van der Waals surface area contributed by atoms with Crippen molar-refractivity contribution >= 4 is 5.91 Å². The van der Waals surface area contributed by atoms with Gasteiger partial charge in [-0.3, -0.25) is 4.79 Å². The first-order chi connectivity index (χ1) is 8.04. The van der Waals surface area contributed by atoms with E-state index in [1.807, 2.05) is 7.05 Å². The Morgan fingerprint density at radius 1 is 1.59 bits per heavy atom. The zero-order valence-corrected chi connectivity index (χ0v) is 10.9. The molecule has 1 aliphatic heterocycles. The Morgan fingerprint density at radius 2 is 2.18 bits per heavy atom. The lowest BCUT2D eigenvalue weighted by molar-refractivity contribution is -0.131. The Morgan fingerprint density at radius 3 is 2.71 bits per heavy atom. The van der Waals surface area contributed by atoms with Gasteiger partial charge < -0.3 is 15.5 Å². The van der Waals surface area contributed by atoms with E-state index in [1.54, 1.807) is 4.90 Å². The number of nitrogens with two attached hydrogens (primary N) is 1. The second-order valence-corrected chi connectivity index (χ2v) is 4.98. The van der Waals surface area contributed by atoms with Crippen LogP contribution in [0.25, 0.3) is 0 Å². The lowest BCUT2D eigenvalue weighted by Gasteiger charge is -2.32. The van der Waals surface area contributed by atoms with Crippen molar-refractivity contribution in [2.75, 3.05) is 33.7 Å². The molecule has 1 aliphatic rings. The van der Waals surface area contributed by atoms with Gasteiger partial charge in [0.05, 0.1) is 6.04 Å². The fourth-order valence-corrected chi connectivity index (χ4v) is 2.22. The molecule has 0 aromatic heterocycles. The quantitative estimate of drug-likeness (QED) is 0.708. The van der Waals surface area contributed by atoms with Gasteiger partial charge in [-0.25, -0.2) is 0 Å². The Hall–Kier alpha value is -1.05. The molecule has 2 N–H and O–H groups in total. The summed E-state index contributed by atoms with van der Waals surface area (Å²) in [6.45, 7) is 3.02. The van der Waals surface area contributed by atoms with Crippen LogP contribution >= 0.6 is 0 Å². The van der Waals surface area contributed by atoms with E-state index in [0.717, 1.165) is 32.5 Å². The van der Waals surface area contributed by atoms with E-state index < -0.39 is 6.04 Å². The molecular formula is C13H23N3O. The molecule has 1 saturated heterocycles. The molecule has 0 aliphatic carbocycles. The van der Waals surface area contributed by atoms with E-state index in [1.165, 1.54) is 0 Å². The highest BCUT2D eigenvalue weighted by molar-refractivity contribution is 5.81. The number of piperidine rings is 1. The average molecular weight is 237 g/mol. The minimum atomic E-state index is -0.545. The highest BCUT2D eigenvalue weighted by atomic mass is 16.2. The first-order valence-corrected chi connectivity index (χ1v) is 6.17. The minimum Gasteiger partial charge on any atom is -0.344 e. The maximum absolute atomic E-state index is 11.9. The van der Waals surface area contributed by atoms with Crippen LogP contribution in [0.3, 0.4) is 0 Å². The number of carbonyl (C=O) groups is 1. The van der Waals surface area contributed by atoms with Crippen molar-refractivity contribution in [2.45, 2.75) is 25.3 Å². The maximum atomic E-state index is 11.9. The summed E-state index contributed by atoms with van der Waals surface area (Å²) in [5.41, 5.74) is 5.71. The molecule has 0 saturated carbocycles. The summed E-state index contributed by atoms with van der Waals surface area (Å²) in [7, 11) is 3.95. The van der Waals surface area contributed by atoms with Crippen molar-refractivity contribution in [3.05, 3.63) is 0 Å². The first kappa shape index (κ1) is 14.0. The number of hydrogen-bond donors (Lipinski definition) is 1. The van der Waals surface area contributed by atoms with Gasteiger partial charge in [0.1, 0.15) is 0 Å². The van der Waals surface area contributed by atoms with Gasteiger partial charge in [0.25, 0.3) is 0 Å². The van der Waals surface area contributed by atoms with Crippen molar-refractivity contribution in [2.24, 2.45) is 11.7 Å². The molecule has 96 valence electrons. The molecule has 0 spiro atoms. The standard InChI is InChI=1S/C13H23N3O/c1-4-5-12(14)13(17)16(3)10-11-6-8-15(2)9-7-11/h1,11-12H,5-10,14H2,2-3H3. The number of hydrogen-bond acceptors (Lipinski definition) is 3. The normalized spacial score (nSPS) is 19.6. The van der Waals surface area contributed by atoms with E-state index >= 15 is 0 Å². The van der Waals surface area contributed by atoms with Gasteiger partial charge in [-0.2, -0.15) is 0 Å². The summed E-state index contributed by atoms with van der Waals surface area (Å²) in [6.07, 6.45) is 7.78. The van der Waals surface area contributed by atoms with Gasteiger partial charge in [-0.05, 0) is 38.9 Å². The van der Waals surface area contributed by atoms with Crippen LogP contribution in [0.4, 0.5) is 0 Å². The van der Waals surface area contributed by atoms with Crippen molar-refractivity contribution in [3.63, 3.8) is 0 Å². The molecule has 0 aromatic carbocycles. The van der Waals surface area contributed by atoms with Gasteiger partial charge >= 0.3 is 0 Å². The van der Waals surface area contributed by atoms with Gasteiger partial charge in [-0.1, -0.05) is 0 Å². The van der Waals surface area contributed by atoms with Crippen LogP contribution < -0.4 is 5.73 Å². The number of terminal acetylenes is 1. The summed E-state index contributed by atoms with van der Waals surface area (Å²) in [4.78, 5) is 15.9. The monoisotopic (exact) mass is 237 g/mol. The molecule has 4 heteroatoms. The van der Waals surface area contributed by atoms with Crippen LogP contribution in [0.15, 0.2) is 0 Å². The second-order valence-electron chi connectivity index (χ2n) is 4.98. The van der Waals surface area contributed by atoms with Crippen molar-refractivity contribution < 1.29 is 4.79 Å². The predicted molar refractivity (Wildman–Crippen MR) is 69.3 cm³/mol. The van der Waals surface area contributed by atoms with E-state index in [9.17, 15) is 4.79 Å². The largest absolute Gasteiger partial charge is 0.344 e. The summed E-state index contributed by atoms with van der Waals surface area (Å²) in [6, 6.07) is -0.545. The number of carbonyl (C=O) groups excluding carboxylic acids is 1. The van der Waals surface area contributed by atoms with Crippen molar-refractivity contribution in [3.8, 4) is 12.3 Å². The Labute approximate surface area is 104 Å². The molecule has 0 aromatic rings. The highest BCUT2D eigenvalue weighted by Gasteiger charge is 2.22. The van der Waals surface area contributed by atoms with Crippen LogP contribution in [0, 0.1) is 18.3 Å². The van der Waals surface area contributed by atoms with Gasteiger partial charge in [0, 0.05) is 20.0 Å². The molecule has 0 bridgehead atoms. The van der Waals surface area contributed by atoms with E-state index in [-0.39, 0.29) is 5.91 Å². The van der Waals surface area contributed by atoms with Gasteiger partial charge in [0.15, 0.2) is 0 Å². The summed E-state index contributed by atoms with van der Waals surface area (Å²) in [5, 5.41) is 0. The van der Waals surface area contributed by atoms with E-state index in [0.29, 0.717) is 12.3 Å². The lowest BCUT2D eigenvalue weighted by Crippen LogP contribution is -2.44. The van der Waals surface area contributed by atoms with Crippen molar-refractivity contribution in [1.82, 2.24) is 9.80 Å². The highest BCUT2D eigenvalue weighted by Crippen LogP contribution is 2.17. The first-order valence-electron chi connectivity index (χ1n) is 6.17.